The third kappa shape index (κ3) is 5.27. The second kappa shape index (κ2) is 9.79. The van der Waals surface area contributed by atoms with Crippen LogP contribution in [-0.2, 0) is 11.3 Å². The van der Waals surface area contributed by atoms with Crippen molar-refractivity contribution in [1.82, 2.24) is 4.90 Å². The number of ether oxygens (including phenoxy) is 1. The van der Waals surface area contributed by atoms with E-state index in [0.717, 1.165) is 22.7 Å². The highest BCUT2D eigenvalue weighted by Crippen LogP contribution is 2.34. The number of carbonyl (C=O) groups is 3. The molecule has 0 N–H and O–H groups in total. The van der Waals surface area contributed by atoms with Gasteiger partial charge in [0.1, 0.15) is 11.6 Å². The highest BCUT2D eigenvalue weighted by Gasteiger charge is 2.35. The Hall–Kier alpha value is -3.13. The minimum atomic E-state index is -0.616. The van der Waals surface area contributed by atoms with E-state index in [0.29, 0.717) is 11.1 Å². The molecule has 0 unspecified atom stereocenters. The van der Waals surface area contributed by atoms with Crippen LogP contribution in [0.4, 0.5) is 9.18 Å². The van der Waals surface area contributed by atoms with Gasteiger partial charge in [-0.3, -0.25) is 14.5 Å². The molecule has 0 aromatic heterocycles. The molecule has 0 spiro atoms. The predicted octanol–water partition coefficient (Wildman–Crippen LogP) is 6.59. The van der Waals surface area contributed by atoms with Crippen LogP contribution in [-0.4, -0.2) is 22.0 Å². The Morgan fingerprint density at radius 2 is 1.79 bits per heavy atom. The van der Waals surface area contributed by atoms with E-state index >= 15 is 0 Å². The van der Waals surface area contributed by atoms with Crippen LogP contribution >= 0.6 is 35.0 Å². The molecule has 33 heavy (non-hydrogen) atoms. The number of carbonyl (C=O) groups excluding carboxylic acids is 3. The van der Waals surface area contributed by atoms with Crippen molar-refractivity contribution < 1.29 is 23.5 Å². The molecule has 0 radical (unpaired) electrons. The number of imide groups is 1. The molecule has 3 aromatic carbocycles. The molecule has 1 aliphatic heterocycles. The maximum Gasteiger partial charge on any atom is 0.345 e. The van der Waals surface area contributed by atoms with Gasteiger partial charge in [-0.05, 0) is 65.4 Å². The average molecular weight is 502 g/mol. The molecule has 2 amide bonds. The molecular weight excluding hydrogens is 488 g/mol. The van der Waals surface area contributed by atoms with E-state index < -0.39 is 22.9 Å². The minimum absolute atomic E-state index is 0.0728. The van der Waals surface area contributed by atoms with Gasteiger partial charge < -0.3 is 4.74 Å². The molecule has 0 atom stereocenters. The average Bonchev–Trinajstić information content (AvgIpc) is 3.03. The van der Waals surface area contributed by atoms with Crippen LogP contribution in [0.15, 0.2) is 71.6 Å². The lowest BCUT2D eigenvalue weighted by molar-refractivity contribution is -0.123. The van der Waals surface area contributed by atoms with Crippen LogP contribution in [0.5, 0.6) is 5.75 Å². The maximum absolute atomic E-state index is 13.3. The van der Waals surface area contributed by atoms with Crippen molar-refractivity contribution in [2.45, 2.75) is 6.54 Å². The first-order chi connectivity index (χ1) is 15.8. The van der Waals surface area contributed by atoms with Gasteiger partial charge in [0.05, 0.1) is 22.0 Å². The fourth-order valence-electron chi connectivity index (χ4n) is 3.06. The van der Waals surface area contributed by atoms with Crippen LogP contribution < -0.4 is 4.74 Å². The van der Waals surface area contributed by atoms with Crippen LogP contribution in [0.3, 0.4) is 0 Å². The number of hydrogen-bond donors (Lipinski definition) is 0. The Bertz CT molecular complexity index is 1310. The van der Waals surface area contributed by atoms with Gasteiger partial charge in [0.25, 0.3) is 11.1 Å². The zero-order valence-electron chi connectivity index (χ0n) is 16.8. The van der Waals surface area contributed by atoms with Crippen molar-refractivity contribution in [3.05, 3.63) is 104 Å². The van der Waals surface area contributed by atoms with Gasteiger partial charge in [-0.25, -0.2) is 9.18 Å². The van der Waals surface area contributed by atoms with E-state index in [-0.39, 0.29) is 32.8 Å². The number of amides is 2. The second-order valence-electron chi connectivity index (χ2n) is 6.95. The summed E-state index contributed by atoms with van der Waals surface area (Å²) in [5, 5.41) is -0.0624. The van der Waals surface area contributed by atoms with Gasteiger partial charge in [-0.2, -0.15) is 0 Å². The third-order valence-electron chi connectivity index (χ3n) is 4.68. The first-order valence-electron chi connectivity index (χ1n) is 9.58. The third-order valence-corrected chi connectivity index (χ3v) is 6.27. The number of halogens is 3. The van der Waals surface area contributed by atoms with Crippen LogP contribution in [0.1, 0.15) is 21.5 Å². The van der Waals surface area contributed by atoms with Crippen molar-refractivity contribution in [2.24, 2.45) is 0 Å². The van der Waals surface area contributed by atoms with Crippen molar-refractivity contribution in [3.63, 3.8) is 0 Å². The Morgan fingerprint density at radius 3 is 2.55 bits per heavy atom. The topological polar surface area (TPSA) is 63.7 Å². The molecular formula is C24H14Cl2FNO4S. The first kappa shape index (κ1) is 23.0. The fourth-order valence-corrected chi connectivity index (χ4v) is 4.34. The van der Waals surface area contributed by atoms with Gasteiger partial charge >= 0.3 is 5.97 Å². The van der Waals surface area contributed by atoms with Crippen molar-refractivity contribution >= 4 is 58.2 Å². The molecule has 0 bridgehead atoms. The van der Waals surface area contributed by atoms with Crippen molar-refractivity contribution in [3.8, 4) is 5.75 Å². The summed E-state index contributed by atoms with van der Waals surface area (Å²) in [7, 11) is 0. The molecule has 1 heterocycles. The van der Waals surface area contributed by atoms with E-state index in [2.05, 4.69) is 0 Å². The summed E-state index contributed by atoms with van der Waals surface area (Å²) in [5.41, 5.74) is 1.24. The first-order valence-corrected chi connectivity index (χ1v) is 11.1. The number of nitrogens with zero attached hydrogens (tertiary/aromatic N) is 1. The smallest absolute Gasteiger partial charge is 0.345 e. The van der Waals surface area contributed by atoms with E-state index in [9.17, 15) is 18.8 Å². The number of benzene rings is 3. The van der Waals surface area contributed by atoms with Gasteiger partial charge in [0, 0.05) is 5.02 Å². The van der Waals surface area contributed by atoms with E-state index in [4.69, 9.17) is 27.9 Å². The summed E-state index contributed by atoms with van der Waals surface area (Å²) in [6.45, 7) is -0.0728. The second-order valence-corrected chi connectivity index (χ2v) is 8.75. The SMILES string of the molecule is O=C(Oc1cccc(/C=C2\SC(=O)N(Cc3ccc(F)cc3Cl)C2=O)c1)c1ccccc1Cl. The van der Waals surface area contributed by atoms with E-state index in [1.807, 2.05) is 0 Å². The number of rotatable bonds is 5. The lowest BCUT2D eigenvalue weighted by Crippen LogP contribution is -2.27. The highest BCUT2D eigenvalue weighted by atomic mass is 35.5. The Morgan fingerprint density at radius 1 is 1.00 bits per heavy atom. The highest BCUT2D eigenvalue weighted by molar-refractivity contribution is 8.18. The zero-order chi connectivity index (χ0) is 23.5. The summed E-state index contributed by atoms with van der Waals surface area (Å²) in [6.07, 6.45) is 1.53. The summed E-state index contributed by atoms with van der Waals surface area (Å²) in [4.78, 5) is 38.8. The molecule has 1 fully saturated rings. The van der Waals surface area contributed by atoms with E-state index in [1.165, 1.54) is 18.2 Å². The van der Waals surface area contributed by atoms with E-state index in [1.54, 1.807) is 48.5 Å². The molecule has 4 rings (SSSR count). The number of esters is 1. The van der Waals surface area contributed by atoms with Crippen LogP contribution in [0, 0.1) is 5.82 Å². The molecule has 166 valence electrons. The maximum atomic E-state index is 13.3. The Kier molecular flexibility index (Phi) is 6.83. The largest absolute Gasteiger partial charge is 0.423 e. The summed E-state index contributed by atoms with van der Waals surface area (Å²) in [6, 6.07) is 16.8. The molecule has 1 saturated heterocycles. The molecule has 5 nitrogen and oxygen atoms in total. The summed E-state index contributed by atoms with van der Waals surface area (Å²) < 4.78 is 18.7. The predicted molar refractivity (Wildman–Crippen MR) is 126 cm³/mol. The fraction of sp³-hybridized carbons (Fsp3) is 0.0417. The summed E-state index contributed by atoms with van der Waals surface area (Å²) >= 11 is 12.8. The van der Waals surface area contributed by atoms with Gasteiger partial charge in [0.2, 0.25) is 0 Å². The van der Waals surface area contributed by atoms with Crippen LogP contribution in [0.2, 0.25) is 10.0 Å². The van der Waals surface area contributed by atoms with Gasteiger partial charge in [-0.15, -0.1) is 0 Å². The van der Waals surface area contributed by atoms with Crippen LogP contribution in [0.25, 0.3) is 6.08 Å². The standard InChI is InChI=1S/C24H14Cl2FNO4S/c25-19-7-2-1-6-18(19)23(30)32-17-5-3-4-14(10-17)11-21-22(29)28(24(31)33-21)13-15-8-9-16(27)12-20(15)26/h1-12H,13H2/b21-11-. The minimum Gasteiger partial charge on any atom is -0.423 e. The van der Waals surface area contributed by atoms with Crippen molar-refractivity contribution in [2.75, 3.05) is 0 Å². The summed E-state index contributed by atoms with van der Waals surface area (Å²) in [5.74, 6) is -1.36. The lowest BCUT2D eigenvalue weighted by Gasteiger charge is -2.13. The Labute approximate surface area is 202 Å². The Balaban J connectivity index is 1.51. The monoisotopic (exact) mass is 501 g/mol. The quantitative estimate of drug-likeness (QED) is 0.224. The molecule has 0 saturated carbocycles. The molecule has 3 aromatic rings. The molecule has 1 aliphatic rings. The molecule has 9 heteroatoms. The number of hydrogen-bond acceptors (Lipinski definition) is 5. The van der Waals surface area contributed by atoms with Gasteiger partial charge in [0.15, 0.2) is 0 Å². The van der Waals surface area contributed by atoms with Gasteiger partial charge in [-0.1, -0.05) is 53.5 Å². The lowest BCUT2D eigenvalue weighted by atomic mass is 10.2. The van der Waals surface area contributed by atoms with Crippen molar-refractivity contribution in [1.29, 1.82) is 0 Å². The normalized spacial score (nSPS) is 14.8. The number of thioether (sulfide) groups is 1. The molecule has 0 aliphatic carbocycles. The zero-order valence-corrected chi connectivity index (χ0v) is 19.1.